The molecule has 0 radical (unpaired) electrons. The third-order valence-corrected chi connectivity index (χ3v) is 3.41. The molecule has 142 valence electrons. The molecule has 10 heteroatoms. The van der Waals surface area contributed by atoms with Gasteiger partial charge in [0.25, 0.3) is 17.5 Å². The van der Waals surface area contributed by atoms with Gasteiger partial charge in [-0.3, -0.25) is 24.5 Å². The van der Waals surface area contributed by atoms with E-state index in [1.807, 2.05) is 0 Å². The van der Waals surface area contributed by atoms with Crippen LogP contribution >= 0.6 is 0 Å². The van der Waals surface area contributed by atoms with E-state index in [4.69, 9.17) is 9.15 Å². The van der Waals surface area contributed by atoms with Crippen LogP contribution in [0.5, 0.6) is 0 Å². The number of nitrogens with one attached hydrogen (secondary N) is 2. The maximum Gasteiger partial charge on any atom is 0.326 e. The second kappa shape index (κ2) is 9.13. The number of furan rings is 1. The van der Waals surface area contributed by atoms with Crippen LogP contribution in [0.15, 0.2) is 47.1 Å². The summed E-state index contributed by atoms with van der Waals surface area (Å²) >= 11 is 0. The zero-order valence-electron chi connectivity index (χ0n) is 14.3. The number of nitro groups is 1. The van der Waals surface area contributed by atoms with Crippen LogP contribution in [0, 0.1) is 10.1 Å². The van der Waals surface area contributed by atoms with Crippen LogP contribution in [0.2, 0.25) is 0 Å². The van der Waals surface area contributed by atoms with Gasteiger partial charge in [-0.25, -0.2) is 0 Å². The zero-order chi connectivity index (χ0) is 19.8. The monoisotopic (exact) mass is 375 g/mol. The highest BCUT2D eigenvalue weighted by atomic mass is 16.6. The molecule has 10 nitrogen and oxygen atoms in total. The Balaban J connectivity index is 1.77. The van der Waals surface area contributed by atoms with Gasteiger partial charge in [0.1, 0.15) is 12.3 Å². The second-order valence-corrected chi connectivity index (χ2v) is 5.42. The van der Waals surface area contributed by atoms with E-state index in [9.17, 15) is 24.5 Å². The Morgan fingerprint density at radius 3 is 2.67 bits per heavy atom. The summed E-state index contributed by atoms with van der Waals surface area (Å²) < 4.78 is 9.99. The van der Waals surface area contributed by atoms with Gasteiger partial charge in [0.15, 0.2) is 6.10 Å². The third-order valence-electron chi connectivity index (χ3n) is 3.41. The largest absolute Gasteiger partial charge is 0.467 e. The summed E-state index contributed by atoms with van der Waals surface area (Å²) in [7, 11) is 0. The SMILES string of the molecule is C[C@H](OC(=O)CNC(=O)c1cccc([N+](=O)[O-])c1)C(=O)NCc1ccco1. The van der Waals surface area contributed by atoms with Gasteiger partial charge in [-0.05, 0) is 25.1 Å². The number of carbonyl (C=O) groups excluding carboxylic acids is 3. The van der Waals surface area contributed by atoms with Gasteiger partial charge < -0.3 is 19.8 Å². The number of hydrogen-bond donors (Lipinski definition) is 2. The first-order chi connectivity index (χ1) is 12.9. The molecule has 0 saturated heterocycles. The number of nitrogens with zero attached hydrogens (tertiary/aromatic N) is 1. The molecular formula is C17H17N3O7. The lowest BCUT2D eigenvalue weighted by atomic mass is 10.2. The van der Waals surface area contributed by atoms with Crippen molar-refractivity contribution in [3.05, 3.63) is 64.1 Å². The van der Waals surface area contributed by atoms with E-state index in [2.05, 4.69) is 10.6 Å². The Kier molecular flexibility index (Phi) is 6.64. The topological polar surface area (TPSA) is 141 Å². The van der Waals surface area contributed by atoms with Gasteiger partial charge in [-0.15, -0.1) is 0 Å². The minimum atomic E-state index is -1.07. The minimum Gasteiger partial charge on any atom is -0.467 e. The molecule has 1 aromatic heterocycles. The number of nitro benzene ring substituents is 1. The molecule has 2 N–H and O–H groups in total. The quantitative estimate of drug-likeness (QED) is 0.401. The molecule has 0 saturated carbocycles. The van der Waals surface area contributed by atoms with Crippen molar-refractivity contribution in [1.82, 2.24) is 10.6 Å². The lowest BCUT2D eigenvalue weighted by molar-refractivity contribution is -0.384. The predicted molar refractivity (Wildman–Crippen MR) is 91.5 cm³/mol. The van der Waals surface area contributed by atoms with Crippen molar-refractivity contribution in [3.8, 4) is 0 Å². The van der Waals surface area contributed by atoms with E-state index in [1.54, 1.807) is 12.1 Å². The van der Waals surface area contributed by atoms with Crippen molar-refractivity contribution in [2.24, 2.45) is 0 Å². The average molecular weight is 375 g/mol. The molecule has 2 aromatic rings. The molecule has 0 fully saturated rings. The third kappa shape index (κ3) is 5.96. The number of hydrogen-bond acceptors (Lipinski definition) is 7. The Morgan fingerprint density at radius 1 is 1.22 bits per heavy atom. The van der Waals surface area contributed by atoms with Crippen LogP contribution in [0.25, 0.3) is 0 Å². The second-order valence-electron chi connectivity index (χ2n) is 5.42. The van der Waals surface area contributed by atoms with E-state index in [-0.39, 0.29) is 17.8 Å². The summed E-state index contributed by atoms with van der Waals surface area (Å²) in [5.74, 6) is -1.48. The van der Waals surface area contributed by atoms with Crippen LogP contribution in [-0.2, 0) is 20.9 Å². The minimum absolute atomic E-state index is 0.0289. The van der Waals surface area contributed by atoms with Gasteiger partial charge in [0.05, 0.1) is 17.7 Å². The highest BCUT2D eigenvalue weighted by Gasteiger charge is 2.19. The van der Waals surface area contributed by atoms with Gasteiger partial charge in [-0.1, -0.05) is 6.07 Å². The number of esters is 1. The van der Waals surface area contributed by atoms with Gasteiger partial charge in [0, 0.05) is 17.7 Å². The molecule has 1 heterocycles. The van der Waals surface area contributed by atoms with Crippen molar-refractivity contribution in [3.63, 3.8) is 0 Å². The molecule has 1 aromatic carbocycles. The Bertz CT molecular complexity index is 833. The van der Waals surface area contributed by atoms with Gasteiger partial charge in [-0.2, -0.15) is 0 Å². The molecule has 27 heavy (non-hydrogen) atoms. The first kappa shape index (κ1) is 19.6. The van der Waals surface area contributed by atoms with E-state index in [0.717, 1.165) is 6.07 Å². The average Bonchev–Trinajstić information content (AvgIpc) is 3.17. The number of benzene rings is 1. The van der Waals surface area contributed by atoms with Crippen LogP contribution in [0.4, 0.5) is 5.69 Å². The first-order valence-electron chi connectivity index (χ1n) is 7.89. The van der Waals surface area contributed by atoms with Gasteiger partial charge >= 0.3 is 5.97 Å². The summed E-state index contributed by atoms with van der Waals surface area (Å²) in [4.78, 5) is 45.6. The van der Waals surface area contributed by atoms with Crippen LogP contribution < -0.4 is 10.6 Å². The first-order valence-corrected chi connectivity index (χ1v) is 7.89. The Morgan fingerprint density at radius 2 is 2.00 bits per heavy atom. The summed E-state index contributed by atoms with van der Waals surface area (Å²) in [6, 6.07) is 8.42. The van der Waals surface area contributed by atoms with Crippen molar-refractivity contribution in [2.75, 3.05) is 6.54 Å². The van der Waals surface area contributed by atoms with E-state index in [0.29, 0.717) is 5.76 Å². The highest BCUT2D eigenvalue weighted by molar-refractivity contribution is 5.96. The molecule has 0 bridgehead atoms. The maximum atomic E-state index is 11.9. The van der Waals surface area contributed by atoms with Crippen molar-refractivity contribution >= 4 is 23.5 Å². The van der Waals surface area contributed by atoms with E-state index < -0.39 is 35.4 Å². The van der Waals surface area contributed by atoms with Crippen LogP contribution in [-0.4, -0.2) is 35.4 Å². The summed E-state index contributed by atoms with van der Waals surface area (Å²) in [6.45, 7) is 1.05. The lowest BCUT2D eigenvalue weighted by Gasteiger charge is -2.13. The van der Waals surface area contributed by atoms with Crippen LogP contribution in [0.1, 0.15) is 23.0 Å². The predicted octanol–water partition coefficient (Wildman–Crippen LogP) is 1.17. The molecular weight excluding hydrogens is 358 g/mol. The maximum absolute atomic E-state index is 11.9. The number of carbonyl (C=O) groups is 3. The molecule has 2 amide bonds. The van der Waals surface area contributed by atoms with Crippen molar-refractivity contribution in [2.45, 2.75) is 19.6 Å². The zero-order valence-corrected chi connectivity index (χ0v) is 14.3. The molecule has 0 aliphatic carbocycles. The van der Waals surface area contributed by atoms with Crippen molar-refractivity contribution < 1.29 is 28.5 Å². The number of non-ortho nitro benzene ring substituents is 1. The molecule has 0 spiro atoms. The summed E-state index contributed by atoms with van der Waals surface area (Å²) in [6.07, 6.45) is 0.400. The fourth-order valence-electron chi connectivity index (χ4n) is 2.04. The molecule has 0 unspecified atom stereocenters. The number of rotatable bonds is 8. The number of ether oxygens (including phenoxy) is 1. The standard InChI is InChI=1S/C17H17N3O7/c1-11(16(22)18-9-14-6-3-7-26-14)27-15(21)10-19-17(23)12-4-2-5-13(8-12)20(24)25/h2-8,11H,9-10H2,1H3,(H,18,22)(H,19,23)/t11-/m0/s1. The molecule has 0 aliphatic rings. The molecule has 0 aliphatic heterocycles. The highest BCUT2D eigenvalue weighted by Crippen LogP contribution is 2.12. The van der Waals surface area contributed by atoms with Crippen LogP contribution in [0.3, 0.4) is 0 Å². The fourth-order valence-corrected chi connectivity index (χ4v) is 2.04. The summed E-state index contributed by atoms with van der Waals surface area (Å²) in [5.41, 5.74) is -0.215. The molecule has 1 atom stereocenters. The fraction of sp³-hybridized carbons (Fsp3) is 0.235. The van der Waals surface area contributed by atoms with E-state index >= 15 is 0 Å². The van der Waals surface area contributed by atoms with Crippen molar-refractivity contribution in [1.29, 1.82) is 0 Å². The Hall–Kier alpha value is -3.69. The molecule has 2 rings (SSSR count). The normalized spacial score (nSPS) is 11.3. The Labute approximate surface area is 153 Å². The smallest absolute Gasteiger partial charge is 0.326 e. The summed E-state index contributed by atoms with van der Waals surface area (Å²) in [5, 5.41) is 15.5. The van der Waals surface area contributed by atoms with Gasteiger partial charge in [0.2, 0.25) is 0 Å². The lowest BCUT2D eigenvalue weighted by Crippen LogP contribution is -2.38. The number of amides is 2. The van der Waals surface area contributed by atoms with E-state index in [1.165, 1.54) is 31.4 Å².